The monoisotopic (exact) mass is 428 g/mol. The van der Waals surface area contributed by atoms with Gasteiger partial charge in [-0.1, -0.05) is 48.5 Å². The van der Waals surface area contributed by atoms with Crippen LogP contribution in [0.15, 0.2) is 65.9 Å². The first-order chi connectivity index (χ1) is 14.7. The number of alkyl halides is 3. The molecule has 0 saturated heterocycles. The van der Waals surface area contributed by atoms with Gasteiger partial charge >= 0.3 is 6.18 Å². The van der Waals surface area contributed by atoms with E-state index in [9.17, 15) is 22.8 Å². The topological polar surface area (TPSA) is 40.6 Å². The molecule has 0 fully saturated rings. The average molecular weight is 428 g/mol. The van der Waals surface area contributed by atoms with Crippen molar-refractivity contribution < 1.29 is 22.8 Å². The van der Waals surface area contributed by atoms with E-state index in [4.69, 9.17) is 0 Å². The van der Waals surface area contributed by atoms with Crippen molar-refractivity contribution in [2.24, 2.45) is 0 Å². The first kappa shape index (κ1) is 21.3. The minimum atomic E-state index is -4.57. The maximum absolute atomic E-state index is 13.7. The fourth-order valence-electron chi connectivity index (χ4n) is 4.77. The second-order valence-electron chi connectivity index (χ2n) is 8.19. The summed E-state index contributed by atoms with van der Waals surface area (Å²) in [7, 11) is 3.40. The molecule has 2 aromatic carbocycles. The summed E-state index contributed by atoms with van der Waals surface area (Å²) in [5.74, 6) is -1.54. The highest BCUT2D eigenvalue weighted by Crippen LogP contribution is 2.48. The summed E-state index contributed by atoms with van der Waals surface area (Å²) < 4.78 is 41.1. The van der Waals surface area contributed by atoms with Crippen LogP contribution in [0.5, 0.6) is 0 Å². The number of hydrogen-bond acceptors (Lipinski definition) is 3. The normalized spacial score (nSPS) is 22.2. The molecule has 2 aromatic rings. The minimum Gasteiger partial charge on any atom is -0.294 e. The van der Waals surface area contributed by atoms with Crippen LogP contribution < -0.4 is 0 Å². The molecule has 0 aromatic heterocycles. The second-order valence-corrected chi connectivity index (χ2v) is 8.19. The van der Waals surface area contributed by atoms with Crippen LogP contribution in [0.2, 0.25) is 0 Å². The number of amides is 1. The molecular formula is C24H23F3N2O2. The molecule has 1 amide bonds. The van der Waals surface area contributed by atoms with Crippen LogP contribution in [0, 0.1) is 0 Å². The lowest BCUT2D eigenvalue weighted by atomic mass is 9.72. The second kappa shape index (κ2) is 7.96. The predicted molar refractivity (Wildman–Crippen MR) is 110 cm³/mol. The van der Waals surface area contributed by atoms with Gasteiger partial charge in [-0.2, -0.15) is 13.2 Å². The molecule has 2 aliphatic rings. The predicted octanol–water partition coefficient (Wildman–Crippen LogP) is 4.90. The number of hydrazine groups is 1. The molecule has 1 aliphatic heterocycles. The minimum absolute atomic E-state index is 0.0132. The van der Waals surface area contributed by atoms with Crippen LogP contribution in [0.25, 0.3) is 0 Å². The fourth-order valence-corrected chi connectivity index (χ4v) is 4.77. The number of rotatable bonds is 3. The molecule has 2 atom stereocenters. The number of Topliss-reactive ketones (excluding diaryl/α,β-unsaturated/α-hetero) is 1. The number of ketones is 1. The molecule has 1 aliphatic carbocycles. The molecular weight excluding hydrogens is 405 g/mol. The van der Waals surface area contributed by atoms with Gasteiger partial charge in [-0.3, -0.25) is 9.59 Å². The Bertz CT molecular complexity index is 1040. The Morgan fingerprint density at radius 1 is 0.903 bits per heavy atom. The van der Waals surface area contributed by atoms with Crippen molar-refractivity contribution in [2.45, 2.75) is 37.3 Å². The van der Waals surface area contributed by atoms with Gasteiger partial charge in [-0.25, -0.2) is 10.0 Å². The lowest BCUT2D eigenvalue weighted by Crippen LogP contribution is -2.48. The standard InChI is InChI=1S/C24H23F3N2O2/c1-28(2)29-20-12-16(15-8-4-3-5-9-15)13-21(30)23(20)18(14-22(29)31)17-10-6-7-11-19(17)24(25,26)27/h3-11,16,18H,12-14H2,1-2H3/t16-,18+/m0/s1. The van der Waals surface area contributed by atoms with Crippen molar-refractivity contribution in [3.8, 4) is 0 Å². The number of halogens is 3. The molecule has 0 spiro atoms. The lowest BCUT2D eigenvalue weighted by Gasteiger charge is -2.43. The molecule has 4 rings (SSSR count). The van der Waals surface area contributed by atoms with Crippen LogP contribution in [-0.4, -0.2) is 35.8 Å². The van der Waals surface area contributed by atoms with E-state index in [0.717, 1.165) is 11.6 Å². The van der Waals surface area contributed by atoms with Crippen LogP contribution >= 0.6 is 0 Å². The van der Waals surface area contributed by atoms with E-state index in [0.29, 0.717) is 17.7 Å². The van der Waals surface area contributed by atoms with E-state index >= 15 is 0 Å². The maximum Gasteiger partial charge on any atom is 0.416 e. The average Bonchev–Trinajstić information content (AvgIpc) is 2.72. The van der Waals surface area contributed by atoms with Crippen molar-refractivity contribution in [1.82, 2.24) is 10.0 Å². The van der Waals surface area contributed by atoms with Gasteiger partial charge in [-0.15, -0.1) is 0 Å². The van der Waals surface area contributed by atoms with Crippen LogP contribution in [-0.2, 0) is 15.8 Å². The van der Waals surface area contributed by atoms with Crippen molar-refractivity contribution in [2.75, 3.05) is 14.1 Å². The van der Waals surface area contributed by atoms with Gasteiger partial charge in [0, 0.05) is 44.1 Å². The lowest BCUT2D eigenvalue weighted by molar-refractivity contribution is -0.144. The molecule has 7 heteroatoms. The van der Waals surface area contributed by atoms with Crippen molar-refractivity contribution >= 4 is 11.7 Å². The Morgan fingerprint density at radius 3 is 2.19 bits per heavy atom. The number of benzene rings is 2. The molecule has 0 bridgehead atoms. The van der Waals surface area contributed by atoms with Gasteiger partial charge in [0.05, 0.1) is 5.56 Å². The summed E-state index contributed by atoms with van der Waals surface area (Å²) in [4.78, 5) is 26.4. The SMILES string of the molecule is CN(C)N1C(=O)C[C@H](c2ccccc2C(F)(F)F)C2=C1C[C@H](c1ccccc1)CC2=O. The number of carbonyl (C=O) groups is 2. The van der Waals surface area contributed by atoms with Crippen LogP contribution in [0.4, 0.5) is 13.2 Å². The number of allylic oxidation sites excluding steroid dienone is 2. The zero-order valence-electron chi connectivity index (χ0n) is 17.3. The van der Waals surface area contributed by atoms with Crippen LogP contribution in [0.3, 0.4) is 0 Å². The molecule has 0 radical (unpaired) electrons. The summed E-state index contributed by atoms with van der Waals surface area (Å²) in [6, 6.07) is 14.8. The van der Waals surface area contributed by atoms with E-state index in [-0.39, 0.29) is 36.0 Å². The van der Waals surface area contributed by atoms with Gasteiger partial charge in [0.15, 0.2) is 5.78 Å². The summed E-state index contributed by atoms with van der Waals surface area (Å²) in [6.07, 6.45) is -4.11. The molecule has 1 heterocycles. The maximum atomic E-state index is 13.7. The van der Waals surface area contributed by atoms with Gasteiger partial charge in [0.25, 0.3) is 0 Å². The third-order valence-corrected chi connectivity index (χ3v) is 6.01. The van der Waals surface area contributed by atoms with Gasteiger partial charge in [0.1, 0.15) is 0 Å². The fraction of sp³-hybridized carbons (Fsp3) is 0.333. The van der Waals surface area contributed by atoms with E-state index in [1.54, 1.807) is 19.1 Å². The molecule has 31 heavy (non-hydrogen) atoms. The largest absolute Gasteiger partial charge is 0.416 e. The summed E-state index contributed by atoms with van der Waals surface area (Å²) in [5.41, 5.74) is 1.01. The Morgan fingerprint density at radius 2 is 1.55 bits per heavy atom. The van der Waals surface area contributed by atoms with E-state index in [1.165, 1.54) is 23.2 Å². The number of carbonyl (C=O) groups excluding carboxylic acids is 2. The summed E-state index contributed by atoms with van der Waals surface area (Å²) >= 11 is 0. The van der Waals surface area contributed by atoms with E-state index < -0.39 is 17.7 Å². The Hall–Kier alpha value is -2.93. The van der Waals surface area contributed by atoms with Crippen molar-refractivity contribution in [3.63, 3.8) is 0 Å². The zero-order valence-corrected chi connectivity index (χ0v) is 17.3. The molecule has 0 N–H and O–H groups in total. The van der Waals surface area contributed by atoms with E-state index in [1.807, 2.05) is 30.3 Å². The zero-order chi connectivity index (χ0) is 22.3. The van der Waals surface area contributed by atoms with Crippen molar-refractivity contribution in [3.05, 3.63) is 82.6 Å². The highest BCUT2D eigenvalue weighted by atomic mass is 19.4. The van der Waals surface area contributed by atoms with Gasteiger partial charge < -0.3 is 0 Å². The third kappa shape index (κ3) is 3.90. The Labute approximate surface area is 178 Å². The summed E-state index contributed by atoms with van der Waals surface area (Å²) in [5, 5.41) is 3.05. The Balaban J connectivity index is 1.86. The third-order valence-electron chi connectivity index (χ3n) is 6.01. The van der Waals surface area contributed by atoms with Crippen molar-refractivity contribution in [1.29, 1.82) is 0 Å². The van der Waals surface area contributed by atoms with E-state index in [2.05, 4.69) is 0 Å². The number of nitrogens with zero attached hydrogens (tertiary/aromatic N) is 2. The quantitative estimate of drug-likeness (QED) is 0.698. The smallest absolute Gasteiger partial charge is 0.294 e. The van der Waals surface area contributed by atoms with Gasteiger partial charge in [-0.05, 0) is 29.5 Å². The molecule has 4 nitrogen and oxygen atoms in total. The first-order valence-electron chi connectivity index (χ1n) is 10.2. The highest BCUT2D eigenvalue weighted by molar-refractivity contribution is 6.02. The molecule has 0 unspecified atom stereocenters. The molecule has 162 valence electrons. The highest BCUT2D eigenvalue weighted by Gasteiger charge is 2.45. The van der Waals surface area contributed by atoms with Crippen LogP contribution in [0.1, 0.15) is 47.8 Å². The number of hydrogen-bond donors (Lipinski definition) is 0. The molecule has 0 saturated carbocycles. The van der Waals surface area contributed by atoms with Gasteiger partial charge in [0.2, 0.25) is 5.91 Å². The summed E-state index contributed by atoms with van der Waals surface area (Å²) in [6.45, 7) is 0. The first-order valence-corrected chi connectivity index (χ1v) is 10.2. The Kier molecular flexibility index (Phi) is 5.47.